The molecule has 4 nitrogen and oxygen atoms in total. The zero-order valence-corrected chi connectivity index (χ0v) is 13.8. The van der Waals surface area contributed by atoms with E-state index in [1.807, 2.05) is 6.92 Å². The summed E-state index contributed by atoms with van der Waals surface area (Å²) >= 11 is 0. The van der Waals surface area contributed by atoms with Crippen molar-refractivity contribution in [3.63, 3.8) is 0 Å². The lowest BCUT2D eigenvalue weighted by Gasteiger charge is -2.18. The molecule has 0 spiro atoms. The van der Waals surface area contributed by atoms with E-state index in [0.29, 0.717) is 6.54 Å². The van der Waals surface area contributed by atoms with Gasteiger partial charge in [-0.25, -0.2) is 0 Å². The van der Waals surface area contributed by atoms with E-state index in [-0.39, 0.29) is 11.8 Å². The molecule has 1 aromatic rings. The molecule has 1 saturated heterocycles. The number of carbonyl (C=O) groups excluding carboxylic acids is 1. The molecule has 2 rings (SSSR count). The molecule has 2 atom stereocenters. The van der Waals surface area contributed by atoms with E-state index >= 15 is 0 Å². The van der Waals surface area contributed by atoms with Crippen molar-refractivity contribution in [2.24, 2.45) is 11.7 Å². The van der Waals surface area contributed by atoms with Gasteiger partial charge in [0.2, 0.25) is 5.91 Å². The summed E-state index contributed by atoms with van der Waals surface area (Å²) in [6.45, 7) is 8.07. The summed E-state index contributed by atoms with van der Waals surface area (Å²) in [6, 6.07) is 8.10. The second-order valence-electron chi connectivity index (χ2n) is 6.43. The highest BCUT2D eigenvalue weighted by molar-refractivity contribution is 5.81. The molecule has 2 unspecified atom stereocenters. The predicted octanol–water partition coefficient (Wildman–Crippen LogP) is 2.27. The van der Waals surface area contributed by atoms with Gasteiger partial charge in [0.15, 0.2) is 0 Å². The third-order valence-electron chi connectivity index (χ3n) is 4.65. The Morgan fingerprint density at radius 1 is 1.23 bits per heavy atom. The number of nitrogens with one attached hydrogen (secondary N) is 1. The number of rotatable bonds is 7. The topological polar surface area (TPSA) is 58.4 Å². The van der Waals surface area contributed by atoms with Crippen LogP contribution in [0.5, 0.6) is 0 Å². The quantitative estimate of drug-likeness (QED) is 0.812. The lowest BCUT2D eigenvalue weighted by molar-refractivity contribution is -0.123. The zero-order valence-electron chi connectivity index (χ0n) is 13.8. The van der Waals surface area contributed by atoms with Crippen molar-refractivity contribution in [1.82, 2.24) is 10.2 Å². The predicted molar refractivity (Wildman–Crippen MR) is 90.2 cm³/mol. The number of benzene rings is 1. The summed E-state index contributed by atoms with van der Waals surface area (Å²) in [4.78, 5) is 14.5. The maximum Gasteiger partial charge on any atom is 0.237 e. The van der Waals surface area contributed by atoms with Crippen LogP contribution in [0.1, 0.15) is 44.2 Å². The largest absolute Gasteiger partial charge is 0.351 e. The third kappa shape index (κ3) is 4.82. The minimum atomic E-state index is -0.417. The van der Waals surface area contributed by atoms with Crippen molar-refractivity contribution in [1.29, 1.82) is 0 Å². The molecule has 1 aliphatic heterocycles. The maximum absolute atomic E-state index is 12.0. The molecule has 3 N–H and O–H groups in total. The molecular weight excluding hydrogens is 274 g/mol. The number of nitrogens with two attached hydrogens (primary N) is 1. The average Bonchev–Trinajstić information content (AvgIpc) is 3.05. The van der Waals surface area contributed by atoms with Gasteiger partial charge in [-0.05, 0) is 43.0 Å². The SMILES string of the molecule is CCC(C)C(N)C(=O)NCc1ccc(CN2CCCC2)cc1. The Morgan fingerprint density at radius 2 is 1.82 bits per heavy atom. The number of hydrogen-bond acceptors (Lipinski definition) is 3. The van der Waals surface area contributed by atoms with Gasteiger partial charge in [-0.2, -0.15) is 0 Å². The Bertz CT molecular complexity index is 466. The van der Waals surface area contributed by atoms with E-state index in [9.17, 15) is 4.79 Å². The Balaban J connectivity index is 1.79. The first-order chi connectivity index (χ1) is 10.6. The van der Waals surface area contributed by atoms with Gasteiger partial charge in [0.1, 0.15) is 0 Å². The Morgan fingerprint density at radius 3 is 2.41 bits per heavy atom. The molecule has 0 aliphatic carbocycles. The van der Waals surface area contributed by atoms with Crippen LogP contribution in [-0.2, 0) is 17.9 Å². The summed E-state index contributed by atoms with van der Waals surface area (Å²) in [5.41, 5.74) is 8.39. The summed E-state index contributed by atoms with van der Waals surface area (Å²) < 4.78 is 0. The molecule has 1 amide bonds. The van der Waals surface area contributed by atoms with Crippen molar-refractivity contribution >= 4 is 5.91 Å². The summed E-state index contributed by atoms with van der Waals surface area (Å²) in [5.74, 6) is 0.151. The zero-order chi connectivity index (χ0) is 15.9. The number of hydrogen-bond donors (Lipinski definition) is 2. The first kappa shape index (κ1) is 17.0. The number of amides is 1. The summed E-state index contributed by atoms with van der Waals surface area (Å²) in [7, 11) is 0. The van der Waals surface area contributed by atoms with E-state index in [1.54, 1.807) is 0 Å². The molecule has 1 aliphatic rings. The summed E-state index contributed by atoms with van der Waals surface area (Å²) in [6.07, 6.45) is 3.56. The van der Waals surface area contributed by atoms with Crippen LogP contribution in [-0.4, -0.2) is 29.9 Å². The molecule has 4 heteroatoms. The van der Waals surface area contributed by atoms with Gasteiger partial charge < -0.3 is 11.1 Å². The van der Waals surface area contributed by atoms with Gasteiger partial charge in [0.05, 0.1) is 6.04 Å². The van der Waals surface area contributed by atoms with E-state index < -0.39 is 6.04 Å². The van der Waals surface area contributed by atoms with Gasteiger partial charge in [-0.1, -0.05) is 44.5 Å². The first-order valence-corrected chi connectivity index (χ1v) is 8.43. The van der Waals surface area contributed by atoms with Crippen LogP contribution >= 0.6 is 0 Å². The van der Waals surface area contributed by atoms with Crippen LogP contribution in [0.2, 0.25) is 0 Å². The van der Waals surface area contributed by atoms with Crippen molar-refractivity contribution in [3.05, 3.63) is 35.4 Å². The Labute approximate surface area is 134 Å². The lowest BCUT2D eigenvalue weighted by Crippen LogP contribution is -2.44. The molecule has 1 fully saturated rings. The smallest absolute Gasteiger partial charge is 0.237 e. The average molecular weight is 303 g/mol. The minimum Gasteiger partial charge on any atom is -0.351 e. The van der Waals surface area contributed by atoms with Gasteiger partial charge in [0.25, 0.3) is 0 Å². The highest BCUT2D eigenvalue weighted by atomic mass is 16.2. The summed E-state index contributed by atoms with van der Waals surface area (Å²) in [5, 5.41) is 2.93. The van der Waals surface area contributed by atoms with Gasteiger partial charge in [-0.3, -0.25) is 9.69 Å². The molecule has 122 valence electrons. The van der Waals surface area contributed by atoms with E-state index in [2.05, 4.69) is 41.4 Å². The molecule has 0 bridgehead atoms. The van der Waals surface area contributed by atoms with Crippen LogP contribution < -0.4 is 11.1 Å². The van der Waals surface area contributed by atoms with Gasteiger partial charge >= 0.3 is 0 Å². The van der Waals surface area contributed by atoms with E-state index in [4.69, 9.17) is 5.73 Å². The molecule has 1 heterocycles. The molecular formula is C18H29N3O. The van der Waals surface area contributed by atoms with Crippen molar-refractivity contribution < 1.29 is 4.79 Å². The monoisotopic (exact) mass is 303 g/mol. The fourth-order valence-corrected chi connectivity index (χ4v) is 2.78. The number of nitrogens with zero attached hydrogens (tertiary/aromatic N) is 1. The third-order valence-corrected chi connectivity index (χ3v) is 4.65. The number of carbonyl (C=O) groups is 1. The number of likely N-dealkylation sites (tertiary alicyclic amines) is 1. The lowest BCUT2D eigenvalue weighted by atomic mass is 9.99. The fraction of sp³-hybridized carbons (Fsp3) is 0.611. The minimum absolute atomic E-state index is 0.0597. The highest BCUT2D eigenvalue weighted by Crippen LogP contribution is 2.13. The van der Waals surface area contributed by atoms with Crippen LogP contribution in [0, 0.1) is 5.92 Å². The Kier molecular flexibility index (Phi) is 6.40. The van der Waals surface area contributed by atoms with Crippen molar-refractivity contribution in [2.45, 2.75) is 52.2 Å². The van der Waals surface area contributed by atoms with Crippen molar-refractivity contribution in [2.75, 3.05) is 13.1 Å². The first-order valence-electron chi connectivity index (χ1n) is 8.43. The van der Waals surface area contributed by atoms with Crippen LogP contribution in [0.3, 0.4) is 0 Å². The second kappa shape index (κ2) is 8.30. The molecule has 0 aromatic heterocycles. The van der Waals surface area contributed by atoms with Crippen molar-refractivity contribution in [3.8, 4) is 0 Å². The molecule has 0 radical (unpaired) electrons. The van der Waals surface area contributed by atoms with Crippen LogP contribution in [0.15, 0.2) is 24.3 Å². The normalized spacial score (nSPS) is 18.1. The van der Waals surface area contributed by atoms with E-state index in [1.165, 1.54) is 31.5 Å². The standard InChI is InChI=1S/C18H29N3O/c1-3-14(2)17(19)18(22)20-12-15-6-8-16(9-7-15)13-21-10-4-5-11-21/h6-9,14,17H,3-5,10-13,19H2,1-2H3,(H,20,22). The van der Waals surface area contributed by atoms with Gasteiger partial charge in [0, 0.05) is 13.1 Å². The molecule has 1 aromatic carbocycles. The highest BCUT2D eigenvalue weighted by Gasteiger charge is 2.18. The van der Waals surface area contributed by atoms with Crippen LogP contribution in [0.25, 0.3) is 0 Å². The fourth-order valence-electron chi connectivity index (χ4n) is 2.78. The maximum atomic E-state index is 12.0. The Hall–Kier alpha value is -1.39. The van der Waals surface area contributed by atoms with Gasteiger partial charge in [-0.15, -0.1) is 0 Å². The van der Waals surface area contributed by atoms with E-state index in [0.717, 1.165) is 18.5 Å². The molecule has 22 heavy (non-hydrogen) atoms. The molecule has 0 saturated carbocycles. The second-order valence-corrected chi connectivity index (χ2v) is 6.43. The van der Waals surface area contributed by atoms with Crippen LogP contribution in [0.4, 0.5) is 0 Å².